The molecule has 0 radical (unpaired) electrons. The number of ether oxygens (including phenoxy) is 4. The van der Waals surface area contributed by atoms with Gasteiger partial charge in [-0.25, -0.2) is 4.79 Å². The van der Waals surface area contributed by atoms with E-state index in [2.05, 4.69) is 0 Å². The molecular formula is C21H23NO6. The molecule has 0 spiro atoms. The molecular weight excluding hydrogens is 362 g/mol. The molecule has 1 aliphatic heterocycles. The summed E-state index contributed by atoms with van der Waals surface area (Å²) >= 11 is 0. The Morgan fingerprint density at radius 3 is 2.57 bits per heavy atom. The van der Waals surface area contributed by atoms with Crippen LogP contribution in [0, 0.1) is 0 Å². The van der Waals surface area contributed by atoms with E-state index in [0.717, 1.165) is 0 Å². The van der Waals surface area contributed by atoms with Gasteiger partial charge < -0.3 is 23.8 Å². The molecule has 2 aromatic rings. The SMILES string of the molecule is COC(=O)c1cc(Oc2ccc3c(c2)OCCN(C)C3=O)cc(OC(C)C)c1. The van der Waals surface area contributed by atoms with Gasteiger partial charge in [0.05, 0.1) is 30.9 Å². The minimum atomic E-state index is -0.488. The summed E-state index contributed by atoms with van der Waals surface area (Å²) in [6.07, 6.45) is -0.0651. The number of amides is 1. The molecule has 7 heteroatoms. The van der Waals surface area contributed by atoms with Crippen LogP contribution in [0.4, 0.5) is 0 Å². The van der Waals surface area contributed by atoms with Gasteiger partial charge in [-0.2, -0.15) is 0 Å². The quantitative estimate of drug-likeness (QED) is 0.733. The summed E-state index contributed by atoms with van der Waals surface area (Å²) in [5.74, 6) is 1.27. The standard InChI is InChI=1S/C21H23NO6/c1-13(2)27-16-9-14(21(24)25-4)10-17(11-16)28-15-5-6-18-19(12-15)26-8-7-22(3)20(18)23/h5-6,9-13H,7-8H2,1-4H3. The van der Waals surface area contributed by atoms with Gasteiger partial charge in [-0.05, 0) is 38.1 Å². The third kappa shape index (κ3) is 4.36. The molecule has 148 valence electrons. The molecule has 28 heavy (non-hydrogen) atoms. The van der Waals surface area contributed by atoms with Gasteiger partial charge in [0, 0.05) is 19.2 Å². The molecule has 2 aromatic carbocycles. The molecule has 1 heterocycles. The summed E-state index contributed by atoms with van der Waals surface area (Å²) in [5.41, 5.74) is 0.804. The lowest BCUT2D eigenvalue weighted by atomic mass is 10.1. The molecule has 0 bridgehead atoms. The summed E-state index contributed by atoms with van der Waals surface area (Å²) in [6, 6.07) is 9.90. The number of benzene rings is 2. The Bertz CT molecular complexity index is 892. The smallest absolute Gasteiger partial charge is 0.338 e. The van der Waals surface area contributed by atoms with E-state index in [9.17, 15) is 9.59 Å². The predicted octanol–water partition coefficient (Wildman–Crippen LogP) is 3.52. The Morgan fingerprint density at radius 2 is 1.86 bits per heavy atom. The van der Waals surface area contributed by atoms with Crippen molar-refractivity contribution in [2.45, 2.75) is 20.0 Å². The lowest BCUT2D eigenvalue weighted by molar-refractivity contribution is 0.0599. The van der Waals surface area contributed by atoms with Gasteiger partial charge in [0.2, 0.25) is 0 Å². The molecule has 0 unspecified atom stereocenters. The number of methoxy groups -OCH3 is 1. The van der Waals surface area contributed by atoms with Crippen LogP contribution >= 0.6 is 0 Å². The lowest BCUT2D eigenvalue weighted by Gasteiger charge is -2.14. The van der Waals surface area contributed by atoms with E-state index in [1.54, 1.807) is 48.3 Å². The topological polar surface area (TPSA) is 74.3 Å². The van der Waals surface area contributed by atoms with Crippen LogP contribution in [0.25, 0.3) is 0 Å². The molecule has 1 aliphatic rings. The Hall–Kier alpha value is -3.22. The maximum Gasteiger partial charge on any atom is 0.338 e. The number of esters is 1. The van der Waals surface area contributed by atoms with Gasteiger partial charge in [-0.15, -0.1) is 0 Å². The monoisotopic (exact) mass is 385 g/mol. The Morgan fingerprint density at radius 1 is 1.11 bits per heavy atom. The molecule has 0 saturated heterocycles. The number of rotatable bonds is 5. The molecule has 0 fully saturated rings. The largest absolute Gasteiger partial charge is 0.491 e. The first-order valence-corrected chi connectivity index (χ1v) is 8.97. The Labute approximate surface area is 163 Å². The molecule has 0 N–H and O–H groups in total. The van der Waals surface area contributed by atoms with Crippen LogP contribution < -0.4 is 14.2 Å². The average Bonchev–Trinajstić information content (AvgIpc) is 2.79. The number of likely N-dealkylation sites (N-methyl/N-ethyl adjacent to an activating group) is 1. The zero-order valence-corrected chi connectivity index (χ0v) is 16.4. The molecule has 7 nitrogen and oxygen atoms in total. The van der Waals surface area contributed by atoms with Gasteiger partial charge in [0.15, 0.2) is 0 Å². The van der Waals surface area contributed by atoms with Crippen LogP contribution in [0.5, 0.6) is 23.0 Å². The van der Waals surface area contributed by atoms with E-state index < -0.39 is 5.97 Å². The van der Waals surface area contributed by atoms with Crippen LogP contribution in [0.15, 0.2) is 36.4 Å². The maximum absolute atomic E-state index is 12.3. The fourth-order valence-electron chi connectivity index (χ4n) is 2.80. The zero-order valence-electron chi connectivity index (χ0n) is 16.4. The van der Waals surface area contributed by atoms with Crippen LogP contribution in [0.2, 0.25) is 0 Å². The molecule has 0 saturated carbocycles. The van der Waals surface area contributed by atoms with Crippen molar-refractivity contribution in [2.75, 3.05) is 27.3 Å². The molecule has 0 aliphatic carbocycles. The molecule has 3 rings (SSSR count). The molecule has 0 atom stereocenters. The van der Waals surface area contributed by atoms with Crippen molar-refractivity contribution >= 4 is 11.9 Å². The van der Waals surface area contributed by atoms with Crippen molar-refractivity contribution < 1.29 is 28.5 Å². The first-order chi connectivity index (χ1) is 13.4. The van der Waals surface area contributed by atoms with Crippen LogP contribution in [0.3, 0.4) is 0 Å². The van der Waals surface area contributed by atoms with Gasteiger partial charge in [0.25, 0.3) is 5.91 Å². The Balaban J connectivity index is 1.91. The van der Waals surface area contributed by atoms with E-state index in [1.807, 2.05) is 13.8 Å². The first kappa shape index (κ1) is 19.5. The number of carbonyl (C=O) groups excluding carboxylic acids is 2. The lowest BCUT2D eigenvalue weighted by Crippen LogP contribution is -2.27. The third-order valence-electron chi connectivity index (χ3n) is 4.12. The van der Waals surface area contributed by atoms with Gasteiger partial charge in [-0.3, -0.25) is 4.79 Å². The minimum Gasteiger partial charge on any atom is -0.491 e. The van der Waals surface area contributed by atoms with E-state index in [0.29, 0.717) is 47.3 Å². The van der Waals surface area contributed by atoms with Gasteiger partial charge >= 0.3 is 5.97 Å². The summed E-state index contributed by atoms with van der Waals surface area (Å²) < 4.78 is 22.1. The zero-order chi connectivity index (χ0) is 20.3. The van der Waals surface area contributed by atoms with E-state index in [1.165, 1.54) is 7.11 Å². The van der Waals surface area contributed by atoms with Crippen molar-refractivity contribution in [3.05, 3.63) is 47.5 Å². The number of hydrogen-bond donors (Lipinski definition) is 0. The second-order valence-electron chi connectivity index (χ2n) is 6.69. The van der Waals surface area contributed by atoms with Crippen molar-refractivity contribution in [3.8, 4) is 23.0 Å². The minimum absolute atomic E-state index is 0.0651. The van der Waals surface area contributed by atoms with Crippen molar-refractivity contribution in [3.63, 3.8) is 0 Å². The number of nitrogens with zero attached hydrogens (tertiary/aromatic N) is 1. The van der Waals surface area contributed by atoms with Crippen molar-refractivity contribution in [1.82, 2.24) is 4.90 Å². The number of fused-ring (bicyclic) bond motifs is 1. The van der Waals surface area contributed by atoms with Gasteiger partial charge in [-0.1, -0.05) is 0 Å². The summed E-state index contributed by atoms with van der Waals surface area (Å²) in [4.78, 5) is 25.9. The summed E-state index contributed by atoms with van der Waals surface area (Å²) in [6.45, 7) is 4.70. The van der Waals surface area contributed by atoms with Crippen LogP contribution in [-0.2, 0) is 4.74 Å². The molecule has 0 aromatic heterocycles. The highest BCUT2D eigenvalue weighted by molar-refractivity contribution is 5.97. The molecule has 1 amide bonds. The predicted molar refractivity (Wildman–Crippen MR) is 103 cm³/mol. The second-order valence-corrected chi connectivity index (χ2v) is 6.69. The average molecular weight is 385 g/mol. The maximum atomic E-state index is 12.3. The third-order valence-corrected chi connectivity index (χ3v) is 4.12. The van der Waals surface area contributed by atoms with Gasteiger partial charge in [0.1, 0.15) is 29.6 Å². The van der Waals surface area contributed by atoms with Crippen molar-refractivity contribution in [1.29, 1.82) is 0 Å². The fourth-order valence-corrected chi connectivity index (χ4v) is 2.80. The van der Waals surface area contributed by atoms with Crippen LogP contribution in [-0.4, -0.2) is 50.2 Å². The van der Waals surface area contributed by atoms with E-state index in [4.69, 9.17) is 18.9 Å². The normalized spacial score (nSPS) is 13.5. The second kappa shape index (κ2) is 8.21. The highest BCUT2D eigenvalue weighted by Gasteiger charge is 2.21. The highest BCUT2D eigenvalue weighted by Crippen LogP contribution is 2.32. The fraction of sp³-hybridized carbons (Fsp3) is 0.333. The summed E-state index contributed by atoms with van der Waals surface area (Å²) in [5, 5.41) is 0. The Kier molecular flexibility index (Phi) is 5.73. The number of hydrogen-bond acceptors (Lipinski definition) is 6. The van der Waals surface area contributed by atoms with E-state index in [-0.39, 0.29) is 12.0 Å². The highest BCUT2D eigenvalue weighted by atomic mass is 16.5. The number of carbonyl (C=O) groups is 2. The first-order valence-electron chi connectivity index (χ1n) is 8.97. The summed E-state index contributed by atoms with van der Waals surface area (Å²) in [7, 11) is 3.05. The van der Waals surface area contributed by atoms with E-state index >= 15 is 0 Å². The van der Waals surface area contributed by atoms with Crippen LogP contribution in [0.1, 0.15) is 34.6 Å². The van der Waals surface area contributed by atoms with Crippen molar-refractivity contribution in [2.24, 2.45) is 0 Å².